The molecule has 0 aromatic heterocycles. The molecular formula is C22H19F3N2O3. The Morgan fingerprint density at radius 1 is 0.933 bits per heavy atom. The van der Waals surface area contributed by atoms with Gasteiger partial charge in [0.15, 0.2) is 0 Å². The summed E-state index contributed by atoms with van der Waals surface area (Å²) in [7, 11) is 0. The van der Waals surface area contributed by atoms with Gasteiger partial charge in [0.1, 0.15) is 18.2 Å². The van der Waals surface area contributed by atoms with Crippen molar-refractivity contribution in [2.24, 2.45) is 4.99 Å². The zero-order valence-corrected chi connectivity index (χ0v) is 15.9. The van der Waals surface area contributed by atoms with Gasteiger partial charge in [-0.25, -0.2) is 0 Å². The van der Waals surface area contributed by atoms with Crippen molar-refractivity contribution in [1.29, 1.82) is 0 Å². The first-order valence-electron chi connectivity index (χ1n) is 8.92. The van der Waals surface area contributed by atoms with Gasteiger partial charge in [0, 0.05) is 23.0 Å². The van der Waals surface area contributed by atoms with Gasteiger partial charge in [-0.05, 0) is 61.5 Å². The zero-order valence-electron chi connectivity index (χ0n) is 15.9. The molecule has 30 heavy (non-hydrogen) atoms. The van der Waals surface area contributed by atoms with E-state index >= 15 is 0 Å². The van der Waals surface area contributed by atoms with Crippen LogP contribution in [0, 0.1) is 0 Å². The summed E-state index contributed by atoms with van der Waals surface area (Å²) in [6.07, 6.45) is -4.48. The van der Waals surface area contributed by atoms with Crippen LogP contribution in [-0.4, -0.2) is 27.8 Å². The highest BCUT2D eigenvalue weighted by atomic mass is 19.4. The smallest absolute Gasteiger partial charge is 0.416 e. The lowest BCUT2D eigenvalue weighted by Crippen LogP contribution is -2.20. The third-order valence-corrected chi connectivity index (χ3v) is 4.43. The van der Waals surface area contributed by atoms with E-state index in [0.717, 1.165) is 12.1 Å². The van der Waals surface area contributed by atoms with E-state index in [4.69, 9.17) is 0 Å². The summed E-state index contributed by atoms with van der Waals surface area (Å²) in [6, 6.07) is 15.1. The van der Waals surface area contributed by atoms with Crippen molar-refractivity contribution in [3.8, 4) is 11.5 Å². The number of nitrogens with zero attached hydrogens (tertiary/aromatic N) is 2. The van der Waals surface area contributed by atoms with E-state index in [1.807, 2.05) is 0 Å². The van der Waals surface area contributed by atoms with Gasteiger partial charge in [0.2, 0.25) is 0 Å². The molecule has 3 aromatic carbocycles. The molecule has 0 bridgehead atoms. The number of benzene rings is 3. The summed E-state index contributed by atoms with van der Waals surface area (Å²) in [5.41, 5.74) is 1.16. The number of hydrogen-bond acceptors (Lipinski definition) is 5. The number of aliphatic imine (C=N–C) groups is 1. The van der Waals surface area contributed by atoms with Crippen molar-refractivity contribution in [1.82, 2.24) is 0 Å². The third-order valence-electron chi connectivity index (χ3n) is 4.43. The van der Waals surface area contributed by atoms with Crippen molar-refractivity contribution in [2.75, 3.05) is 11.6 Å². The summed E-state index contributed by atoms with van der Waals surface area (Å²) >= 11 is 0. The standard InChI is InChI=1S/C22H19F3N2O3/c1-14(26-16-4-2-3-15(11-16)22(23,24)25)20-10-9-19(30)12-21(20)27(13-28)17-5-7-18(29)8-6-17/h2-12,28-30H,13H2,1H3. The van der Waals surface area contributed by atoms with Gasteiger partial charge >= 0.3 is 6.18 Å². The number of aliphatic hydroxyl groups excluding tert-OH is 1. The molecule has 0 saturated carbocycles. The Labute approximate surface area is 171 Å². The van der Waals surface area contributed by atoms with Gasteiger partial charge < -0.3 is 20.2 Å². The molecule has 156 valence electrons. The molecule has 0 fully saturated rings. The molecule has 8 heteroatoms. The Morgan fingerprint density at radius 3 is 2.23 bits per heavy atom. The largest absolute Gasteiger partial charge is 0.508 e. The minimum absolute atomic E-state index is 0.0510. The van der Waals surface area contributed by atoms with Crippen LogP contribution >= 0.6 is 0 Å². The number of halogens is 3. The first-order valence-corrected chi connectivity index (χ1v) is 8.92. The predicted octanol–water partition coefficient (Wildman–Crippen LogP) is 5.35. The number of hydrogen-bond donors (Lipinski definition) is 3. The maximum atomic E-state index is 13.0. The maximum Gasteiger partial charge on any atom is 0.416 e. The second-order valence-corrected chi connectivity index (χ2v) is 6.53. The first-order chi connectivity index (χ1) is 14.2. The molecule has 0 aliphatic carbocycles. The molecule has 5 nitrogen and oxygen atoms in total. The molecule has 0 saturated heterocycles. The lowest BCUT2D eigenvalue weighted by Gasteiger charge is -2.25. The van der Waals surface area contributed by atoms with Gasteiger partial charge in [-0.1, -0.05) is 6.07 Å². The summed E-state index contributed by atoms with van der Waals surface area (Å²) in [4.78, 5) is 5.78. The van der Waals surface area contributed by atoms with E-state index in [1.54, 1.807) is 25.1 Å². The van der Waals surface area contributed by atoms with E-state index in [9.17, 15) is 28.5 Å². The van der Waals surface area contributed by atoms with Crippen molar-refractivity contribution >= 4 is 22.8 Å². The SMILES string of the molecule is CC(=Nc1cccc(C(F)(F)F)c1)c1ccc(O)cc1N(CO)c1ccc(O)cc1. The van der Waals surface area contributed by atoms with Crippen LogP contribution in [0.4, 0.5) is 30.2 Å². The number of aromatic hydroxyl groups is 2. The second kappa shape index (κ2) is 8.46. The Morgan fingerprint density at radius 2 is 1.60 bits per heavy atom. The highest BCUT2D eigenvalue weighted by Gasteiger charge is 2.30. The van der Waals surface area contributed by atoms with E-state index in [0.29, 0.717) is 22.6 Å². The second-order valence-electron chi connectivity index (χ2n) is 6.53. The summed E-state index contributed by atoms with van der Waals surface area (Å²) in [5, 5.41) is 29.4. The number of phenols is 2. The topological polar surface area (TPSA) is 76.3 Å². The summed E-state index contributed by atoms with van der Waals surface area (Å²) in [6.45, 7) is 1.18. The Hall–Kier alpha value is -3.52. The van der Waals surface area contributed by atoms with Crippen LogP contribution in [0.1, 0.15) is 18.1 Å². The van der Waals surface area contributed by atoms with Gasteiger partial charge in [0.05, 0.1) is 16.9 Å². The van der Waals surface area contributed by atoms with Gasteiger partial charge in [-0.2, -0.15) is 13.2 Å². The van der Waals surface area contributed by atoms with Gasteiger partial charge in [0.25, 0.3) is 0 Å². The Balaban J connectivity index is 2.06. The molecule has 0 heterocycles. The van der Waals surface area contributed by atoms with Crippen LogP contribution in [0.15, 0.2) is 71.7 Å². The fourth-order valence-electron chi connectivity index (χ4n) is 2.98. The Bertz CT molecular complexity index is 1060. The molecule has 3 rings (SSSR count). The summed E-state index contributed by atoms with van der Waals surface area (Å²) < 4.78 is 38.9. The fraction of sp³-hybridized carbons (Fsp3) is 0.136. The number of aliphatic hydroxyl groups is 1. The maximum absolute atomic E-state index is 13.0. The van der Waals surface area contributed by atoms with Crippen LogP contribution in [0.2, 0.25) is 0 Å². The van der Waals surface area contributed by atoms with Gasteiger partial charge in [-0.3, -0.25) is 4.99 Å². The van der Waals surface area contributed by atoms with E-state index in [1.165, 1.54) is 41.3 Å². The molecule has 0 unspecified atom stereocenters. The number of anilines is 2. The van der Waals surface area contributed by atoms with Crippen molar-refractivity contribution < 1.29 is 28.5 Å². The Kier molecular flexibility index (Phi) is 5.98. The molecule has 0 atom stereocenters. The monoisotopic (exact) mass is 416 g/mol. The molecule has 0 aliphatic rings. The normalized spacial score (nSPS) is 12.1. The van der Waals surface area contributed by atoms with E-state index < -0.39 is 18.5 Å². The number of alkyl halides is 3. The zero-order chi connectivity index (χ0) is 21.9. The average molecular weight is 416 g/mol. The predicted molar refractivity (Wildman–Crippen MR) is 109 cm³/mol. The highest BCUT2D eigenvalue weighted by molar-refractivity contribution is 6.05. The van der Waals surface area contributed by atoms with Crippen molar-refractivity contribution in [2.45, 2.75) is 13.1 Å². The molecule has 0 amide bonds. The van der Waals surface area contributed by atoms with Crippen LogP contribution < -0.4 is 4.90 Å². The van der Waals surface area contributed by atoms with Crippen LogP contribution in [0.3, 0.4) is 0 Å². The van der Waals surface area contributed by atoms with E-state index in [2.05, 4.69) is 4.99 Å². The number of rotatable bonds is 5. The van der Waals surface area contributed by atoms with Crippen LogP contribution in [0.25, 0.3) is 0 Å². The third kappa shape index (κ3) is 4.72. The highest BCUT2D eigenvalue weighted by Crippen LogP contribution is 2.34. The minimum Gasteiger partial charge on any atom is -0.508 e. The molecule has 0 radical (unpaired) electrons. The lowest BCUT2D eigenvalue weighted by molar-refractivity contribution is -0.137. The average Bonchev–Trinajstić information content (AvgIpc) is 2.69. The quantitative estimate of drug-likeness (QED) is 0.387. The van der Waals surface area contributed by atoms with E-state index in [-0.39, 0.29) is 17.2 Å². The molecular weight excluding hydrogens is 397 g/mol. The first kappa shape index (κ1) is 21.2. The lowest BCUT2D eigenvalue weighted by atomic mass is 10.1. The van der Waals surface area contributed by atoms with Crippen molar-refractivity contribution in [3.05, 3.63) is 77.9 Å². The van der Waals surface area contributed by atoms with Crippen molar-refractivity contribution in [3.63, 3.8) is 0 Å². The molecule has 0 spiro atoms. The minimum atomic E-state index is -4.48. The van der Waals surface area contributed by atoms with Crippen LogP contribution in [0.5, 0.6) is 11.5 Å². The molecule has 0 aliphatic heterocycles. The molecule has 3 aromatic rings. The summed E-state index contributed by atoms with van der Waals surface area (Å²) in [5.74, 6) is -0.00657. The molecule has 3 N–H and O–H groups in total. The number of phenolic OH excluding ortho intramolecular Hbond substituents is 2. The fourth-order valence-corrected chi connectivity index (χ4v) is 2.98. The van der Waals surface area contributed by atoms with Gasteiger partial charge in [-0.15, -0.1) is 0 Å². The van der Waals surface area contributed by atoms with Crippen LogP contribution in [-0.2, 0) is 6.18 Å².